The van der Waals surface area contributed by atoms with E-state index in [1.54, 1.807) is 0 Å². The second-order valence-corrected chi connectivity index (χ2v) is 9.40. The number of hydrogen-bond donors (Lipinski definition) is 2. The van der Waals surface area contributed by atoms with Crippen LogP contribution >= 0.6 is 0 Å². The van der Waals surface area contributed by atoms with Crippen molar-refractivity contribution in [3.05, 3.63) is 0 Å². The van der Waals surface area contributed by atoms with E-state index in [1.807, 2.05) is 13.8 Å². The molecule has 1 aliphatic rings. The Kier molecular flexibility index (Phi) is 5.16. The summed E-state index contributed by atoms with van der Waals surface area (Å²) in [5.41, 5.74) is 5.53. The normalized spacial score (nSPS) is 23.1. The Hall–Kier alpha value is -0.180. The van der Waals surface area contributed by atoms with Crippen LogP contribution < -0.4 is 10.5 Å². The van der Waals surface area contributed by atoms with Crippen molar-refractivity contribution in [1.82, 2.24) is 4.72 Å². The number of hydrogen-bond acceptors (Lipinski definition) is 5. The van der Waals surface area contributed by atoms with Crippen LogP contribution in [0.4, 0.5) is 0 Å². The lowest BCUT2D eigenvalue weighted by Gasteiger charge is -2.26. The Morgan fingerprint density at radius 3 is 2.17 bits per heavy atom. The van der Waals surface area contributed by atoms with Crippen LogP contribution in [0.5, 0.6) is 0 Å². The largest absolute Gasteiger partial charge is 0.329 e. The molecule has 8 heteroatoms. The van der Waals surface area contributed by atoms with Crippen molar-refractivity contribution >= 4 is 19.9 Å². The van der Waals surface area contributed by atoms with E-state index in [0.29, 0.717) is 0 Å². The second-order valence-electron chi connectivity index (χ2n) is 5.10. The van der Waals surface area contributed by atoms with Gasteiger partial charge in [-0.1, -0.05) is 13.8 Å². The Morgan fingerprint density at radius 1 is 1.28 bits per heavy atom. The van der Waals surface area contributed by atoms with Crippen molar-refractivity contribution in [2.45, 2.75) is 38.0 Å². The zero-order chi connectivity index (χ0) is 14.0. The summed E-state index contributed by atoms with van der Waals surface area (Å²) in [6.07, 6.45) is 0.347. The standard InChI is InChI=1S/C10H22N2O4S2/c1-8(2)10(7-11)12-18(15,16)9-3-5-17(13,14)6-4-9/h8-10,12H,3-7,11H2,1-2H3. The van der Waals surface area contributed by atoms with Gasteiger partial charge in [0, 0.05) is 12.6 Å². The minimum atomic E-state index is -3.48. The minimum Gasteiger partial charge on any atom is -0.329 e. The van der Waals surface area contributed by atoms with Gasteiger partial charge in [-0.2, -0.15) is 0 Å². The number of rotatable bonds is 5. The predicted molar refractivity (Wildman–Crippen MR) is 71.4 cm³/mol. The van der Waals surface area contributed by atoms with Gasteiger partial charge in [-0.15, -0.1) is 0 Å². The monoisotopic (exact) mass is 298 g/mol. The first-order valence-corrected chi connectivity index (χ1v) is 9.46. The maximum absolute atomic E-state index is 12.1. The Labute approximate surface area is 109 Å². The molecule has 3 N–H and O–H groups in total. The summed E-state index contributed by atoms with van der Waals surface area (Å²) >= 11 is 0. The number of nitrogens with two attached hydrogens (primary N) is 1. The highest BCUT2D eigenvalue weighted by Crippen LogP contribution is 2.19. The van der Waals surface area contributed by atoms with Gasteiger partial charge in [-0.25, -0.2) is 21.6 Å². The van der Waals surface area contributed by atoms with E-state index in [9.17, 15) is 16.8 Å². The topological polar surface area (TPSA) is 106 Å². The van der Waals surface area contributed by atoms with Crippen molar-refractivity contribution in [2.75, 3.05) is 18.1 Å². The van der Waals surface area contributed by atoms with Crippen LogP contribution in [0, 0.1) is 5.92 Å². The molecule has 1 unspecified atom stereocenters. The smallest absolute Gasteiger partial charge is 0.214 e. The van der Waals surface area contributed by atoms with E-state index >= 15 is 0 Å². The van der Waals surface area contributed by atoms with Gasteiger partial charge in [0.15, 0.2) is 0 Å². The molecule has 0 aromatic heterocycles. The first-order chi connectivity index (χ1) is 8.18. The third kappa shape index (κ3) is 4.18. The molecule has 6 nitrogen and oxygen atoms in total. The Morgan fingerprint density at radius 2 is 1.78 bits per heavy atom. The molecule has 0 aliphatic carbocycles. The van der Waals surface area contributed by atoms with Gasteiger partial charge in [0.1, 0.15) is 9.84 Å². The fourth-order valence-corrected chi connectivity index (χ4v) is 5.57. The molecule has 0 radical (unpaired) electrons. The Bertz CT molecular complexity index is 456. The summed E-state index contributed by atoms with van der Waals surface area (Å²) in [5, 5.41) is -0.617. The van der Waals surface area contributed by atoms with Gasteiger partial charge >= 0.3 is 0 Å². The van der Waals surface area contributed by atoms with Gasteiger partial charge in [-0.3, -0.25) is 0 Å². The van der Waals surface area contributed by atoms with Gasteiger partial charge in [0.2, 0.25) is 10.0 Å². The fourth-order valence-electron chi connectivity index (χ4n) is 1.94. The van der Waals surface area contributed by atoms with Crippen LogP contribution in [-0.2, 0) is 19.9 Å². The predicted octanol–water partition coefficient (Wildman–Crippen LogP) is -0.534. The van der Waals surface area contributed by atoms with E-state index in [2.05, 4.69) is 4.72 Å². The molecule has 1 aliphatic heterocycles. The average molecular weight is 298 g/mol. The molecule has 0 saturated carbocycles. The molecule has 0 bridgehead atoms. The molecule has 1 saturated heterocycles. The quantitative estimate of drug-likeness (QED) is 0.709. The van der Waals surface area contributed by atoms with Crippen LogP contribution in [0.3, 0.4) is 0 Å². The lowest BCUT2D eigenvalue weighted by Crippen LogP contribution is -2.48. The second kappa shape index (κ2) is 5.85. The minimum absolute atomic E-state index is 0.0481. The summed E-state index contributed by atoms with van der Waals surface area (Å²) in [7, 11) is -6.53. The molecular weight excluding hydrogens is 276 g/mol. The van der Waals surface area contributed by atoms with Crippen LogP contribution in [0.1, 0.15) is 26.7 Å². The molecular formula is C10H22N2O4S2. The van der Waals surface area contributed by atoms with E-state index in [0.717, 1.165) is 0 Å². The van der Waals surface area contributed by atoms with Crippen molar-refractivity contribution < 1.29 is 16.8 Å². The molecule has 108 valence electrons. The number of sulfonamides is 1. The van der Waals surface area contributed by atoms with Gasteiger partial charge in [0.25, 0.3) is 0 Å². The highest BCUT2D eigenvalue weighted by molar-refractivity contribution is 7.92. The highest BCUT2D eigenvalue weighted by atomic mass is 32.2. The first-order valence-electron chi connectivity index (χ1n) is 6.09. The zero-order valence-corrected chi connectivity index (χ0v) is 12.4. The molecule has 0 aromatic carbocycles. The molecule has 1 fully saturated rings. The summed E-state index contributed by atoms with van der Waals surface area (Å²) in [4.78, 5) is 0. The summed E-state index contributed by atoms with van der Waals surface area (Å²) in [6, 6.07) is -0.298. The summed E-state index contributed by atoms with van der Waals surface area (Å²) in [6.45, 7) is 4.03. The molecule has 0 amide bonds. The van der Waals surface area contributed by atoms with Crippen molar-refractivity contribution in [3.8, 4) is 0 Å². The lowest BCUT2D eigenvalue weighted by molar-refractivity contribution is 0.448. The maximum Gasteiger partial charge on any atom is 0.214 e. The van der Waals surface area contributed by atoms with Crippen molar-refractivity contribution in [2.24, 2.45) is 11.7 Å². The lowest BCUT2D eigenvalue weighted by atomic mass is 10.1. The third-order valence-corrected chi connectivity index (χ3v) is 7.01. The molecule has 1 atom stereocenters. The van der Waals surface area contributed by atoms with Gasteiger partial charge < -0.3 is 5.73 Å². The summed E-state index contributed by atoms with van der Waals surface area (Å²) < 4.78 is 49.4. The molecule has 0 aromatic rings. The van der Waals surface area contributed by atoms with Gasteiger partial charge in [0.05, 0.1) is 16.8 Å². The van der Waals surface area contributed by atoms with Crippen molar-refractivity contribution in [3.63, 3.8) is 0 Å². The molecule has 1 rings (SSSR count). The maximum atomic E-state index is 12.1. The molecule has 18 heavy (non-hydrogen) atoms. The van der Waals surface area contributed by atoms with Crippen molar-refractivity contribution in [1.29, 1.82) is 0 Å². The highest BCUT2D eigenvalue weighted by Gasteiger charge is 2.34. The SMILES string of the molecule is CC(C)C(CN)NS(=O)(=O)C1CCS(=O)(=O)CC1. The van der Waals surface area contributed by atoms with E-state index in [1.165, 1.54) is 0 Å². The zero-order valence-electron chi connectivity index (χ0n) is 10.8. The molecule has 0 spiro atoms. The van der Waals surface area contributed by atoms with E-state index in [-0.39, 0.29) is 42.9 Å². The van der Waals surface area contributed by atoms with Crippen LogP contribution in [0.15, 0.2) is 0 Å². The molecule has 1 heterocycles. The Balaban J connectivity index is 2.70. The number of nitrogens with one attached hydrogen (secondary N) is 1. The van der Waals surface area contributed by atoms with Crippen LogP contribution in [-0.4, -0.2) is 46.2 Å². The third-order valence-electron chi connectivity index (χ3n) is 3.31. The average Bonchev–Trinajstić information content (AvgIpc) is 2.25. The van der Waals surface area contributed by atoms with E-state index < -0.39 is 25.1 Å². The van der Waals surface area contributed by atoms with Gasteiger partial charge in [-0.05, 0) is 18.8 Å². The van der Waals surface area contributed by atoms with Crippen LogP contribution in [0.25, 0.3) is 0 Å². The van der Waals surface area contributed by atoms with Crippen LogP contribution in [0.2, 0.25) is 0 Å². The first kappa shape index (κ1) is 15.9. The fraction of sp³-hybridized carbons (Fsp3) is 1.00. The summed E-state index contributed by atoms with van der Waals surface area (Å²) in [5.74, 6) is 0.0123. The van der Waals surface area contributed by atoms with E-state index in [4.69, 9.17) is 5.73 Å². The number of sulfone groups is 1.